The van der Waals surface area contributed by atoms with Crippen molar-refractivity contribution in [1.29, 1.82) is 0 Å². The van der Waals surface area contributed by atoms with Gasteiger partial charge in [0.15, 0.2) is 0 Å². The summed E-state index contributed by atoms with van der Waals surface area (Å²) in [5.41, 5.74) is 6.27. The summed E-state index contributed by atoms with van der Waals surface area (Å²) in [6, 6.07) is 0. The molecule has 3 heteroatoms. The zero-order valence-corrected chi connectivity index (χ0v) is 9.10. The molecule has 0 aliphatic rings. The van der Waals surface area contributed by atoms with E-state index in [1.165, 1.54) is 0 Å². The fourth-order valence-corrected chi connectivity index (χ4v) is 0.751. The van der Waals surface area contributed by atoms with Crippen LogP contribution in [0.1, 0.15) is 41.0 Å². The fourth-order valence-electron chi connectivity index (χ4n) is 0.751. The van der Waals surface area contributed by atoms with Crippen LogP contribution >= 0.6 is 0 Å². The second-order valence-electron chi connectivity index (χ2n) is 4.01. The minimum absolute atomic E-state index is 0.327. The highest BCUT2D eigenvalue weighted by Crippen LogP contribution is 2.12. The van der Waals surface area contributed by atoms with E-state index in [-0.39, 0.29) is 5.97 Å². The summed E-state index contributed by atoms with van der Waals surface area (Å²) in [6.45, 7) is 9.09. The molecule has 0 aliphatic carbocycles. The molecule has 0 spiro atoms. The second-order valence-corrected chi connectivity index (χ2v) is 4.01. The van der Waals surface area contributed by atoms with Crippen molar-refractivity contribution in [3.63, 3.8) is 0 Å². The van der Waals surface area contributed by atoms with Crippen molar-refractivity contribution >= 4 is 5.97 Å². The minimum Gasteiger partial charge on any atom is -0.457 e. The normalized spacial score (nSPS) is 13.6. The van der Waals surface area contributed by atoms with Gasteiger partial charge in [0, 0.05) is 5.70 Å². The van der Waals surface area contributed by atoms with Gasteiger partial charge in [0.1, 0.15) is 5.60 Å². The quantitative estimate of drug-likeness (QED) is 0.528. The number of hydrogen-bond acceptors (Lipinski definition) is 3. The Kier molecular flexibility index (Phi) is 3.98. The highest BCUT2D eigenvalue weighted by Gasteiger charge is 2.18. The lowest BCUT2D eigenvalue weighted by Crippen LogP contribution is -2.25. The van der Waals surface area contributed by atoms with Gasteiger partial charge in [-0.2, -0.15) is 0 Å². The highest BCUT2D eigenvalue weighted by atomic mass is 16.6. The molecule has 0 aromatic rings. The number of carbonyl (C=O) groups excluding carboxylic acids is 1. The zero-order valence-electron chi connectivity index (χ0n) is 9.10. The SMILES string of the molecule is CCC(N)=C(C)C(=O)OC(C)(C)C. The predicted molar refractivity (Wildman–Crippen MR) is 53.0 cm³/mol. The molecule has 3 nitrogen and oxygen atoms in total. The summed E-state index contributed by atoms with van der Waals surface area (Å²) in [4.78, 5) is 11.4. The molecule has 0 aromatic heterocycles. The van der Waals surface area contributed by atoms with Crippen LogP contribution in [0.5, 0.6) is 0 Å². The molecule has 13 heavy (non-hydrogen) atoms. The summed E-state index contributed by atoms with van der Waals surface area (Å²) < 4.78 is 5.15. The van der Waals surface area contributed by atoms with Crippen molar-refractivity contribution in [3.8, 4) is 0 Å². The molecule has 0 saturated carbocycles. The predicted octanol–water partition coefficient (Wildman–Crippen LogP) is 1.97. The number of rotatable bonds is 2. The Hall–Kier alpha value is -0.990. The number of carbonyl (C=O) groups is 1. The van der Waals surface area contributed by atoms with E-state index in [0.29, 0.717) is 17.7 Å². The molecule has 0 aromatic carbocycles. The molecule has 76 valence electrons. The van der Waals surface area contributed by atoms with Crippen molar-refractivity contribution in [3.05, 3.63) is 11.3 Å². The van der Waals surface area contributed by atoms with E-state index in [1.807, 2.05) is 27.7 Å². The third-order valence-electron chi connectivity index (χ3n) is 1.57. The van der Waals surface area contributed by atoms with Crippen molar-refractivity contribution in [2.24, 2.45) is 5.73 Å². The Morgan fingerprint density at radius 3 is 2.15 bits per heavy atom. The van der Waals surface area contributed by atoms with E-state index in [2.05, 4.69) is 0 Å². The topological polar surface area (TPSA) is 52.3 Å². The number of allylic oxidation sites excluding steroid dienone is 1. The van der Waals surface area contributed by atoms with Gasteiger partial charge in [-0.3, -0.25) is 0 Å². The third-order valence-corrected chi connectivity index (χ3v) is 1.57. The van der Waals surface area contributed by atoms with Crippen LogP contribution in [0.3, 0.4) is 0 Å². The van der Waals surface area contributed by atoms with Crippen LogP contribution in [0.15, 0.2) is 11.3 Å². The van der Waals surface area contributed by atoms with Crippen molar-refractivity contribution in [2.45, 2.75) is 46.6 Å². The average Bonchev–Trinajstić information content (AvgIpc) is 1.98. The van der Waals surface area contributed by atoms with Crippen LogP contribution in [-0.2, 0) is 9.53 Å². The van der Waals surface area contributed by atoms with Crippen LogP contribution in [0.25, 0.3) is 0 Å². The van der Waals surface area contributed by atoms with Gasteiger partial charge < -0.3 is 10.5 Å². The molecule has 0 rings (SSSR count). The molecule has 2 N–H and O–H groups in total. The first-order chi connectivity index (χ1) is 5.78. The Morgan fingerprint density at radius 1 is 1.38 bits per heavy atom. The average molecular weight is 185 g/mol. The third kappa shape index (κ3) is 4.55. The van der Waals surface area contributed by atoms with Crippen molar-refractivity contribution in [2.75, 3.05) is 0 Å². The molecule has 0 radical (unpaired) electrons. The Bertz CT molecular complexity index is 224. The van der Waals surface area contributed by atoms with Gasteiger partial charge in [0.05, 0.1) is 5.57 Å². The number of ether oxygens (including phenoxy) is 1. The van der Waals surface area contributed by atoms with Gasteiger partial charge in [-0.25, -0.2) is 4.79 Å². The summed E-state index contributed by atoms with van der Waals surface area (Å²) in [7, 11) is 0. The lowest BCUT2D eigenvalue weighted by molar-refractivity contribution is -0.149. The van der Waals surface area contributed by atoms with Gasteiger partial charge in [-0.1, -0.05) is 6.92 Å². The van der Waals surface area contributed by atoms with Crippen molar-refractivity contribution < 1.29 is 9.53 Å². The first kappa shape index (κ1) is 12.0. The van der Waals surface area contributed by atoms with Crippen LogP contribution in [-0.4, -0.2) is 11.6 Å². The van der Waals surface area contributed by atoms with E-state index in [1.54, 1.807) is 6.92 Å². The lowest BCUT2D eigenvalue weighted by Gasteiger charge is -2.20. The Morgan fingerprint density at radius 2 is 1.85 bits per heavy atom. The summed E-state index contributed by atoms with van der Waals surface area (Å²) in [6.07, 6.45) is 0.672. The fraction of sp³-hybridized carbons (Fsp3) is 0.700. The smallest absolute Gasteiger partial charge is 0.335 e. The van der Waals surface area contributed by atoms with E-state index >= 15 is 0 Å². The highest BCUT2D eigenvalue weighted by molar-refractivity contribution is 5.88. The molecule has 0 heterocycles. The van der Waals surface area contributed by atoms with Gasteiger partial charge in [-0.05, 0) is 34.1 Å². The maximum absolute atomic E-state index is 11.4. The maximum Gasteiger partial charge on any atom is 0.335 e. The Labute approximate surface area is 79.9 Å². The summed E-state index contributed by atoms with van der Waals surface area (Å²) in [5, 5.41) is 0. The van der Waals surface area contributed by atoms with Crippen LogP contribution in [0.2, 0.25) is 0 Å². The number of hydrogen-bond donors (Lipinski definition) is 1. The molecular weight excluding hydrogens is 166 g/mol. The second kappa shape index (κ2) is 4.30. The van der Waals surface area contributed by atoms with E-state index in [4.69, 9.17) is 10.5 Å². The van der Waals surface area contributed by atoms with E-state index in [9.17, 15) is 4.79 Å². The zero-order chi connectivity index (χ0) is 10.6. The summed E-state index contributed by atoms with van der Waals surface area (Å²) in [5.74, 6) is -0.327. The van der Waals surface area contributed by atoms with Crippen LogP contribution < -0.4 is 5.73 Å². The van der Waals surface area contributed by atoms with E-state index < -0.39 is 5.60 Å². The van der Waals surface area contributed by atoms with Crippen LogP contribution in [0.4, 0.5) is 0 Å². The van der Waals surface area contributed by atoms with Gasteiger partial charge in [-0.15, -0.1) is 0 Å². The van der Waals surface area contributed by atoms with Crippen molar-refractivity contribution in [1.82, 2.24) is 0 Å². The molecule has 0 fully saturated rings. The van der Waals surface area contributed by atoms with Gasteiger partial charge in [0.2, 0.25) is 0 Å². The van der Waals surface area contributed by atoms with Gasteiger partial charge >= 0.3 is 5.97 Å². The largest absolute Gasteiger partial charge is 0.457 e. The minimum atomic E-state index is -0.452. The maximum atomic E-state index is 11.4. The molecule has 0 aliphatic heterocycles. The standard InChI is InChI=1S/C10H19NO2/c1-6-8(11)7(2)9(12)13-10(3,4)5/h6,11H2,1-5H3. The molecule has 0 unspecified atom stereocenters. The number of esters is 1. The van der Waals surface area contributed by atoms with E-state index in [0.717, 1.165) is 0 Å². The first-order valence-corrected chi connectivity index (χ1v) is 4.46. The lowest BCUT2D eigenvalue weighted by atomic mass is 10.1. The first-order valence-electron chi connectivity index (χ1n) is 4.46. The monoisotopic (exact) mass is 185 g/mol. The molecule has 0 atom stereocenters. The van der Waals surface area contributed by atoms with Crippen LogP contribution in [0, 0.1) is 0 Å². The molecule has 0 saturated heterocycles. The summed E-state index contributed by atoms with van der Waals surface area (Å²) >= 11 is 0. The molecule has 0 amide bonds. The molecule has 0 bridgehead atoms. The Balaban J connectivity index is 4.46. The molecular formula is C10H19NO2. The number of nitrogens with two attached hydrogens (primary N) is 1. The van der Waals surface area contributed by atoms with Gasteiger partial charge in [0.25, 0.3) is 0 Å².